The smallest absolute Gasteiger partial charge is 0.294 e. The average Bonchev–Trinajstić information content (AvgIpc) is 3.64. The van der Waals surface area contributed by atoms with E-state index >= 15 is 0 Å². The summed E-state index contributed by atoms with van der Waals surface area (Å²) in [5.74, 6) is -0.755. The van der Waals surface area contributed by atoms with Gasteiger partial charge in [0.05, 0.1) is 5.02 Å². The Kier molecular flexibility index (Phi) is 8.86. The Hall–Kier alpha value is -3.96. The minimum absolute atomic E-state index is 0.102. The Labute approximate surface area is 259 Å². The summed E-state index contributed by atoms with van der Waals surface area (Å²) in [5.41, 5.74) is 0.960. The van der Waals surface area contributed by atoms with Crippen molar-refractivity contribution >= 4 is 57.7 Å². The van der Waals surface area contributed by atoms with Crippen LogP contribution < -0.4 is 10.6 Å². The number of carbonyl (C=O) groups is 4. The maximum Gasteiger partial charge on any atom is 0.294 e. The van der Waals surface area contributed by atoms with Gasteiger partial charge >= 0.3 is 0 Å². The normalized spacial score (nSPS) is 21.1. The van der Waals surface area contributed by atoms with E-state index in [0.29, 0.717) is 53.9 Å². The van der Waals surface area contributed by atoms with Gasteiger partial charge in [0.15, 0.2) is 0 Å². The van der Waals surface area contributed by atoms with Gasteiger partial charge in [-0.1, -0.05) is 11.6 Å². The Balaban J connectivity index is 1.25. The second-order valence-corrected chi connectivity index (χ2v) is 12.4. The highest BCUT2D eigenvalue weighted by molar-refractivity contribution is 6.30. The van der Waals surface area contributed by atoms with Crippen molar-refractivity contribution in [3.05, 3.63) is 52.9 Å². The number of nitrogens with one attached hydrogen (secondary N) is 2. The Morgan fingerprint density at radius 3 is 2.43 bits per heavy atom. The topological polar surface area (TPSA) is 145 Å². The van der Waals surface area contributed by atoms with E-state index in [1.165, 1.54) is 6.20 Å². The van der Waals surface area contributed by atoms with Gasteiger partial charge in [-0.2, -0.15) is 0 Å². The lowest BCUT2D eigenvalue weighted by molar-refractivity contribution is -0.130. The number of aliphatic hydroxyl groups is 1. The number of piperidine rings is 1. The highest BCUT2D eigenvalue weighted by Crippen LogP contribution is 2.36. The number of carbonyl (C=O) groups excluding carboxylic acids is 4. The van der Waals surface area contributed by atoms with Crippen LogP contribution in [-0.4, -0.2) is 75.8 Å². The summed E-state index contributed by atoms with van der Waals surface area (Å²) >= 11 is 5.94. The van der Waals surface area contributed by atoms with Gasteiger partial charge in [0.2, 0.25) is 17.6 Å². The van der Waals surface area contributed by atoms with E-state index in [2.05, 4.69) is 15.6 Å². The monoisotopic (exact) mass is 621 g/mol. The number of fused-ring (bicyclic) bond motifs is 1. The Morgan fingerprint density at radius 1 is 1.00 bits per heavy atom. The number of aromatic nitrogens is 1. The van der Waals surface area contributed by atoms with E-state index in [1.807, 2.05) is 4.90 Å². The molecule has 0 spiro atoms. The van der Waals surface area contributed by atoms with Gasteiger partial charge in [0, 0.05) is 61.8 Å². The molecule has 3 aromatic rings. The maximum absolute atomic E-state index is 13.6. The molecule has 3 N–H and O–H groups in total. The number of halogens is 1. The third kappa shape index (κ3) is 6.30. The first-order chi connectivity index (χ1) is 21.3. The summed E-state index contributed by atoms with van der Waals surface area (Å²) in [6.07, 6.45) is 7.09. The van der Waals surface area contributed by atoms with Crippen molar-refractivity contribution in [3.8, 4) is 0 Å². The minimum Gasteiger partial charge on any atom is -0.449 e. The minimum atomic E-state index is -0.610. The zero-order valence-corrected chi connectivity index (χ0v) is 25.1. The summed E-state index contributed by atoms with van der Waals surface area (Å²) in [6.45, 7) is 1.98. The van der Waals surface area contributed by atoms with Gasteiger partial charge in [0.25, 0.3) is 11.8 Å². The number of furan rings is 1. The maximum atomic E-state index is 13.6. The molecule has 0 unspecified atom stereocenters. The number of hydrogen-bond acceptors (Lipinski definition) is 7. The molecular weight excluding hydrogens is 586 g/mol. The van der Waals surface area contributed by atoms with Crippen LogP contribution in [0.4, 0.5) is 11.5 Å². The predicted octanol–water partition coefficient (Wildman–Crippen LogP) is 4.70. The molecule has 0 bridgehead atoms. The molecule has 6 rings (SSSR count). The number of likely N-dealkylation sites (tertiary alicyclic amines) is 2. The molecule has 1 aromatic carbocycles. The van der Waals surface area contributed by atoms with Crippen LogP contribution in [-0.2, 0) is 9.59 Å². The largest absolute Gasteiger partial charge is 0.449 e. The van der Waals surface area contributed by atoms with Gasteiger partial charge in [-0.05, 0) is 81.2 Å². The van der Waals surface area contributed by atoms with E-state index in [0.717, 1.165) is 38.6 Å². The third-order valence-electron chi connectivity index (χ3n) is 9.14. The first-order valence-corrected chi connectivity index (χ1v) is 15.7. The molecule has 2 aromatic heterocycles. The molecule has 3 fully saturated rings. The van der Waals surface area contributed by atoms with Crippen LogP contribution in [0.25, 0.3) is 11.0 Å². The lowest BCUT2D eigenvalue weighted by Gasteiger charge is -2.34. The van der Waals surface area contributed by atoms with Crippen molar-refractivity contribution in [2.45, 2.75) is 57.4 Å². The first-order valence-electron chi connectivity index (χ1n) is 15.3. The van der Waals surface area contributed by atoms with Gasteiger partial charge in [-0.25, -0.2) is 4.98 Å². The van der Waals surface area contributed by atoms with Crippen molar-refractivity contribution in [3.63, 3.8) is 0 Å². The van der Waals surface area contributed by atoms with E-state index < -0.39 is 5.91 Å². The molecule has 4 heterocycles. The zero-order chi connectivity index (χ0) is 30.8. The van der Waals surface area contributed by atoms with Crippen LogP contribution in [0.3, 0.4) is 0 Å². The number of benzene rings is 1. The van der Waals surface area contributed by atoms with Crippen molar-refractivity contribution in [2.24, 2.45) is 11.8 Å². The van der Waals surface area contributed by atoms with Crippen LogP contribution in [0.2, 0.25) is 5.02 Å². The molecule has 11 nitrogen and oxygen atoms in total. The fraction of sp³-hybridized carbons (Fsp3) is 0.469. The van der Waals surface area contributed by atoms with Crippen molar-refractivity contribution in [1.82, 2.24) is 14.8 Å². The number of hydrogen-bond donors (Lipinski definition) is 3. The van der Waals surface area contributed by atoms with Gasteiger partial charge < -0.3 is 30.0 Å². The van der Waals surface area contributed by atoms with Crippen molar-refractivity contribution < 1.29 is 28.7 Å². The number of pyridine rings is 1. The highest BCUT2D eigenvalue weighted by Gasteiger charge is 2.34. The van der Waals surface area contributed by atoms with Gasteiger partial charge in [-0.15, -0.1) is 0 Å². The lowest BCUT2D eigenvalue weighted by Crippen LogP contribution is -2.40. The molecule has 1 aliphatic carbocycles. The summed E-state index contributed by atoms with van der Waals surface area (Å²) in [6, 6.07) is 8.26. The van der Waals surface area contributed by atoms with Crippen LogP contribution >= 0.6 is 11.6 Å². The van der Waals surface area contributed by atoms with Crippen molar-refractivity contribution in [2.75, 3.05) is 36.9 Å². The molecule has 1 saturated carbocycles. The number of rotatable bonds is 7. The summed E-state index contributed by atoms with van der Waals surface area (Å²) in [5, 5.41) is 16.0. The van der Waals surface area contributed by atoms with E-state index in [-0.39, 0.29) is 59.5 Å². The van der Waals surface area contributed by atoms with Gasteiger partial charge in [-0.3, -0.25) is 19.2 Å². The van der Waals surface area contributed by atoms with Crippen LogP contribution in [0.1, 0.15) is 72.3 Å². The van der Waals surface area contributed by atoms with Crippen molar-refractivity contribution in [1.29, 1.82) is 0 Å². The van der Waals surface area contributed by atoms with Gasteiger partial charge in [0.1, 0.15) is 17.1 Å². The van der Waals surface area contributed by atoms with Crippen LogP contribution in [0.5, 0.6) is 0 Å². The highest BCUT2D eigenvalue weighted by atomic mass is 35.5. The predicted molar refractivity (Wildman–Crippen MR) is 164 cm³/mol. The molecule has 0 atom stereocenters. The first kappa shape index (κ1) is 30.1. The number of amides is 4. The summed E-state index contributed by atoms with van der Waals surface area (Å²) in [7, 11) is 0. The molecule has 0 radical (unpaired) electrons. The molecule has 44 heavy (non-hydrogen) atoms. The Bertz CT molecular complexity index is 1560. The number of aliphatic hydroxyl groups excluding tert-OH is 1. The molecule has 2 saturated heterocycles. The van der Waals surface area contributed by atoms with Crippen LogP contribution in [0, 0.1) is 11.8 Å². The summed E-state index contributed by atoms with van der Waals surface area (Å²) in [4.78, 5) is 60.5. The zero-order valence-electron chi connectivity index (χ0n) is 24.4. The number of nitrogens with zero attached hydrogens (tertiary/aromatic N) is 3. The molecule has 4 amide bonds. The van der Waals surface area contributed by atoms with E-state index in [4.69, 9.17) is 16.0 Å². The lowest BCUT2D eigenvalue weighted by atomic mass is 9.84. The average molecular weight is 622 g/mol. The molecule has 232 valence electrons. The Morgan fingerprint density at radius 2 is 1.77 bits per heavy atom. The molecule has 2 aliphatic heterocycles. The summed E-state index contributed by atoms with van der Waals surface area (Å²) < 4.78 is 5.97. The SMILES string of the molecule is O=C(Nc1ccc(Cl)cn1)c1oc2ccc(C(=O)N3CCC(CO)CC3)cc2c1NC(=O)C1CCC(N2CCCC2=O)CC1. The second kappa shape index (κ2) is 13.0. The fourth-order valence-corrected chi connectivity index (χ4v) is 6.68. The molecule has 3 aliphatic rings. The fourth-order valence-electron chi connectivity index (χ4n) is 6.57. The van der Waals surface area contributed by atoms with E-state index in [9.17, 15) is 24.3 Å². The second-order valence-electron chi connectivity index (χ2n) is 11.9. The third-order valence-corrected chi connectivity index (χ3v) is 9.36. The van der Waals surface area contributed by atoms with E-state index in [1.54, 1.807) is 35.2 Å². The standard InChI is InChI=1S/C32H36ClN5O6/c33-22-6-10-26(34-17-22)35-31(42)29-28(36-30(41)20-3-7-23(8-4-20)38-13-1-2-27(38)40)24-16-21(5-9-25(24)44-29)32(43)37-14-11-19(18-39)12-15-37/h5-6,9-10,16-17,19-20,23,39H,1-4,7-8,11-15,18H2,(H,36,41)(H,34,35,42). The quantitative estimate of drug-likeness (QED) is 0.347. The molecular formula is C32H36ClN5O6. The number of anilines is 2. The molecule has 12 heteroatoms. The van der Waals surface area contributed by atoms with Crippen LogP contribution in [0.15, 0.2) is 40.9 Å².